The van der Waals surface area contributed by atoms with Crippen LogP contribution in [0.5, 0.6) is 0 Å². The van der Waals surface area contributed by atoms with Crippen LogP contribution in [0, 0.1) is 28.5 Å². The van der Waals surface area contributed by atoms with Gasteiger partial charge in [-0.3, -0.25) is 9.36 Å². The summed E-state index contributed by atoms with van der Waals surface area (Å²) in [6.45, 7) is 3.16. The fraction of sp³-hybridized carbons (Fsp3) is 0.278. The van der Waals surface area contributed by atoms with E-state index < -0.39 is 11.4 Å². The summed E-state index contributed by atoms with van der Waals surface area (Å²) in [5.41, 5.74) is -0.470. The first kappa shape index (κ1) is 19.9. The van der Waals surface area contributed by atoms with Gasteiger partial charge in [-0.1, -0.05) is 17.7 Å². The van der Waals surface area contributed by atoms with E-state index in [0.29, 0.717) is 19.6 Å². The molecular weight excluding hydrogens is 377 g/mol. The zero-order chi connectivity index (χ0) is 19.1. The van der Waals surface area contributed by atoms with Crippen molar-refractivity contribution in [2.45, 2.75) is 19.9 Å². The van der Waals surface area contributed by atoms with Crippen molar-refractivity contribution in [2.24, 2.45) is 0 Å². The highest BCUT2D eigenvalue weighted by Crippen LogP contribution is 2.19. The number of hydrogen-bond donors (Lipinski definition) is 0. The Morgan fingerprint density at radius 3 is 2.77 bits per heavy atom. The summed E-state index contributed by atoms with van der Waals surface area (Å²) < 4.78 is 21.1. The monoisotopic (exact) mass is 391 g/mol. The van der Waals surface area contributed by atoms with Crippen molar-refractivity contribution >= 4 is 34.6 Å². The molecule has 0 saturated carbocycles. The normalized spacial score (nSPS) is 11.2. The predicted molar refractivity (Wildman–Crippen MR) is 98.6 cm³/mol. The Labute approximate surface area is 158 Å². The summed E-state index contributed by atoms with van der Waals surface area (Å²) in [5.74, 6) is -0.556. The summed E-state index contributed by atoms with van der Waals surface area (Å²) in [5, 5.41) is 18.5. The fourth-order valence-corrected chi connectivity index (χ4v) is 3.56. The molecule has 0 amide bonds. The van der Waals surface area contributed by atoms with E-state index in [0.717, 1.165) is 11.3 Å². The Kier molecular flexibility index (Phi) is 7.11. The predicted octanol–water partition coefficient (Wildman–Crippen LogP) is 2.16. The molecule has 0 spiro atoms. The molecular formula is C18H15ClFN3O2S. The summed E-state index contributed by atoms with van der Waals surface area (Å²) >= 11 is 6.98. The van der Waals surface area contributed by atoms with Crippen molar-refractivity contribution in [1.29, 1.82) is 10.5 Å². The topological polar surface area (TPSA) is 78.8 Å². The maximum absolute atomic E-state index is 14.0. The maximum atomic E-state index is 14.0. The number of nitriles is 2. The zero-order valence-corrected chi connectivity index (χ0v) is 15.5. The van der Waals surface area contributed by atoms with Crippen LogP contribution in [0.1, 0.15) is 18.9 Å². The summed E-state index contributed by atoms with van der Waals surface area (Å²) in [6, 6.07) is 7.83. The van der Waals surface area contributed by atoms with Crippen LogP contribution in [-0.2, 0) is 11.3 Å². The van der Waals surface area contributed by atoms with Crippen molar-refractivity contribution in [1.82, 2.24) is 4.57 Å². The van der Waals surface area contributed by atoms with Gasteiger partial charge in [0.15, 0.2) is 5.57 Å². The second-order valence-electron chi connectivity index (χ2n) is 5.16. The summed E-state index contributed by atoms with van der Waals surface area (Å²) in [4.78, 5) is 12.7. The third-order valence-electron chi connectivity index (χ3n) is 3.49. The van der Waals surface area contributed by atoms with Crippen LogP contribution in [0.4, 0.5) is 4.39 Å². The van der Waals surface area contributed by atoms with E-state index in [1.165, 1.54) is 28.8 Å². The zero-order valence-electron chi connectivity index (χ0n) is 14.0. The molecule has 0 saturated heterocycles. The molecule has 0 unspecified atom stereocenters. The first-order valence-electron chi connectivity index (χ1n) is 7.81. The number of nitrogens with zero attached hydrogens (tertiary/aromatic N) is 3. The van der Waals surface area contributed by atoms with Gasteiger partial charge in [-0.15, -0.1) is 11.3 Å². The highest BCUT2D eigenvalue weighted by molar-refractivity contribution is 7.07. The average molecular weight is 392 g/mol. The molecule has 1 aromatic heterocycles. The second-order valence-corrected chi connectivity index (χ2v) is 6.59. The van der Waals surface area contributed by atoms with Crippen LogP contribution in [0.2, 0.25) is 5.02 Å². The Morgan fingerprint density at radius 1 is 1.42 bits per heavy atom. The number of hydrogen-bond acceptors (Lipinski definition) is 5. The number of halogens is 2. The molecule has 8 heteroatoms. The van der Waals surface area contributed by atoms with Gasteiger partial charge in [-0.2, -0.15) is 10.5 Å². The van der Waals surface area contributed by atoms with Gasteiger partial charge in [-0.25, -0.2) is 4.39 Å². The lowest BCUT2D eigenvalue weighted by molar-refractivity contribution is 0.141. The number of benzene rings is 1. The smallest absolute Gasteiger partial charge is 0.269 e. The molecule has 2 aromatic rings. The van der Waals surface area contributed by atoms with Crippen molar-refractivity contribution in [2.75, 3.05) is 13.2 Å². The minimum Gasteiger partial charge on any atom is -0.382 e. The lowest BCUT2D eigenvalue weighted by Gasteiger charge is -2.02. The Balaban J connectivity index is 2.66. The molecule has 0 fully saturated rings. The molecule has 0 bridgehead atoms. The lowest BCUT2D eigenvalue weighted by atomic mass is 10.2. The Bertz CT molecular complexity index is 1020. The van der Waals surface area contributed by atoms with Crippen molar-refractivity contribution in [3.05, 3.63) is 54.2 Å². The van der Waals surface area contributed by atoms with E-state index in [-0.39, 0.29) is 31.9 Å². The minimum atomic E-state index is -0.556. The third-order valence-corrected chi connectivity index (χ3v) is 4.95. The molecule has 0 aliphatic rings. The first-order valence-corrected chi connectivity index (χ1v) is 9.00. The van der Waals surface area contributed by atoms with E-state index in [2.05, 4.69) is 0 Å². The van der Waals surface area contributed by atoms with Crippen LogP contribution in [0.25, 0.3) is 11.6 Å². The SMILES string of the molecule is CCOCCCn1c(=C(C#N)C#N)s/c(=C/c2c(F)cccc2Cl)c1=O. The average Bonchev–Trinajstić information content (AvgIpc) is 2.92. The van der Waals surface area contributed by atoms with E-state index >= 15 is 0 Å². The number of ether oxygens (including phenoxy) is 1. The molecule has 2 rings (SSSR count). The van der Waals surface area contributed by atoms with Crippen LogP contribution in [-0.4, -0.2) is 17.8 Å². The highest BCUT2D eigenvalue weighted by atomic mass is 35.5. The van der Waals surface area contributed by atoms with E-state index in [9.17, 15) is 9.18 Å². The largest absolute Gasteiger partial charge is 0.382 e. The van der Waals surface area contributed by atoms with Gasteiger partial charge >= 0.3 is 0 Å². The van der Waals surface area contributed by atoms with Crippen LogP contribution in [0.15, 0.2) is 23.0 Å². The van der Waals surface area contributed by atoms with Crippen molar-refractivity contribution in [3.63, 3.8) is 0 Å². The van der Waals surface area contributed by atoms with Gasteiger partial charge < -0.3 is 4.74 Å². The van der Waals surface area contributed by atoms with Gasteiger partial charge in [0.2, 0.25) is 0 Å². The highest BCUT2D eigenvalue weighted by Gasteiger charge is 2.11. The van der Waals surface area contributed by atoms with Gasteiger partial charge in [0.25, 0.3) is 5.56 Å². The molecule has 5 nitrogen and oxygen atoms in total. The summed E-state index contributed by atoms with van der Waals surface area (Å²) in [6.07, 6.45) is 1.89. The number of rotatable bonds is 6. The summed E-state index contributed by atoms with van der Waals surface area (Å²) in [7, 11) is 0. The van der Waals surface area contributed by atoms with Gasteiger partial charge in [-0.05, 0) is 31.6 Å². The van der Waals surface area contributed by atoms with Crippen LogP contribution < -0.4 is 14.8 Å². The molecule has 0 N–H and O–H groups in total. The standard InChI is InChI=1S/C18H15ClFN3O2S/c1-2-25-8-4-7-23-17(24)16(26-18(23)12(10-21)11-22)9-13-14(19)5-3-6-15(13)20/h3,5-6,9H,2,4,7-8H2,1H3/b16-9+. The van der Waals surface area contributed by atoms with E-state index in [1.54, 1.807) is 12.1 Å². The van der Waals surface area contributed by atoms with Gasteiger partial charge in [0.05, 0.1) is 9.55 Å². The second kappa shape index (κ2) is 9.30. The lowest BCUT2D eigenvalue weighted by Crippen LogP contribution is -2.32. The molecule has 0 aliphatic carbocycles. The molecule has 0 radical (unpaired) electrons. The van der Waals surface area contributed by atoms with E-state index in [4.69, 9.17) is 26.9 Å². The molecule has 0 aliphatic heterocycles. The Hall–Kier alpha value is -2.45. The number of aromatic nitrogens is 1. The molecule has 134 valence electrons. The van der Waals surface area contributed by atoms with Gasteiger partial charge in [0.1, 0.15) is 22.6 Å². The maximum Gasteiger partial charge on any atom is 0.269 e. The quantitative estimate of drug-likeness (QED) is 0.707. The molecule has 1 aromatic carbocycles. The molecule has 26 heavy (non-hydrogen) atoms. The van der Waals surface area contributed by atoms with Gasteiger partial charge in [0, 0.05) is 25.3 Å². The van der Waals surface area contributed by atoms with Crippen LogP contribution >= 0.6 is 22.9 Å². The molecule has 1 heterocycles. The fourth-order valence-electron chi connectivity index (χ4n) is 2.28. The van der Waals surface area contributed by atoms with E-state index in [1.807, 2.05) is 6.92 Å². The van der Waals surface area contributed by atoms with Crippen molar-refractivity contribution < 1.29 is 9.13 Å². The van der Waals surface area contributed by atoms with Crippen molar-refractivity contribution in [3.8, 4) is 12.1 Å². The third kappa shape index (κ3) is 4.39. The Morgan fingerprint density at radius 2 is 2.15 bits per heavy atom. The minimum absolute atomic E-state index is 0.0935. The molecule has 0 atom stereocenters. The number of thiazole rings is 1. The first-order chi connectivity index (χ1) is 12.5. The van der Waals surface area contributed by atoms with Crippen LogP contribution in [0.3, 0.4) is 0 Å².